The predicted octanol–water partition coefficient (Wildman–Crippen LogP) is -2.13. The van der Waals surface area contributed by atoms with Gasteiger partial charge in [0, 0.05) is 0 Å². The van der Waals surface area contributed by atoms with E-state index in [0.717, 1.165) is 0 Å². The van der Waals surface area contributed by atoms with Gasteiger partial charge in [0.1, 0.15) is 0 Å². The van der Waals surface area contributed by atoms with Crippen molar-refractivity contribution in [2.45, 2.75) is 6.42 Å². The number of hydrogen-bond donors (Lipinski definition) is 1. The van der Waals surface area contributed by atoms with Crippen molar-refractivity contribution < 1.29 is 56.5 Å². The smallest absolute Gasteiger partial charge is 0.515 e. The molecule has 0 saturated carbocycles. The van der Waals surface area contributed by atoms with E-state index in [0.29, 0.717) is 6.26 Å². The Kier molecular flexibility index (Phi) is 10.8. The summed E-state index contributed by atoms with van der Waals surface area (Å²) in [5.41, 5.74) is 0.0903. The van der Waals surface area contributed by atoms with Crippen LogP contribution in [-0.4, -0.2) is 5.11 Å². The summed E-state index contributed by atoms with van der Waals surface area (Å²) in [6, 6.07) is 3.36. The molecule has 0 amide bonds. The molecule has 0 heterocycles. The first-order chi connectivity index (χ1) is 3.85. The van der Waals surface area contributed by atoms with Crippen LogP contribution in [-0.2, 0) is 0 Å². The Bertz CT molecular complexity index is 174. The van der Waals surface area contributed by atoms with Crippen LogP contribution in [0.25, 0.3) is 0 Å². The normalized spacial score (nSPS) is 8.44. The second-order valence-corrected chi connectivity index (χ2v) is 1.10. The summed E-state index contributed by atoms with van der Waals surface area (Å²) < 4.78 is 0. The van der Waals surface area contributed by atoms with Gasteiger partial charge in [0.2, 0.25) is 0 Å². The predicted molar refractivity (Wildman–Crippen MR) is 26.6 cm³/mol. The van der Waals surface area contributed by atoms with E-state index in [4.69, 9.17) is 15.6 Å². The van der Waals surface area contributed by atoms with Crippen LogP contribution in [0, 0.1) is 22.7 Å². The molecule has 0 atom stereocenters. The van der Waals surface area contributed by atoms with E-state index in [1.807, 2.05) is 0 Å². The van der Waals surface area contributed by atoms with Gasteiger partial charge < -0.3 is 5.11 Å². The van der Waals surface area contributed by atoms with E-state index in [-0.39, 0.29) is 63.4 Å². The summed E-state index contributed by atoms with van der Waals surface area (Å²) >= 11 is 0. The van der Waals surface area contributed by atoms with E-state index < -0.39 is 0 Å². The monoisotopic (exact) mass is 147 g/mol. The topological polar surface area (TPSA) is 67.8 Å². The average Bonchev–Trinajstić information content (AvgIpc) is 1.83. The molecular formula is C5H4KN2O+. The van der Waals surface area contributed by atoms with Gasteiger partial charge in [-0.05, 0) is 0 Å². The Balaban J connectivity index is 0. The van der Waals surface area contributed by atoms with Crippen molar-refractivity contribution in [2.24, 2.45) is 0 Å². The molecule has 0 radical (unpaired) electrons. The van der Waals surface area contributed by atoms with Crippen LogP contribution in [0.3, 0.4) is 0 Å². The van der Waals surface area contributed by atoms with E-state index in [9.17, 15) is 0 Å². The first-order valence-electron chi connectivity index (χ1n) is 1.95. The van der Waals surface area contributed by atoms with Crippen molar-refractivity contribution in [3.05, 3.63) is 11.8 Å². The quantitative estimate of drug-likeness (QED) is 0.262. The van der Waals surface area contributed by atoms with Crippen LogP contribution in [0.5, 0.6) is 0 Å². The van der Waals surface area contributed by atoms with E-state index in [1.54, 1.807) is 12.1 Å². The Labute approximate surface area is 96.0 Å². The fourth-order valence-electron chi connectivity index (χ4n) is 0.199. The number of aliphatic hydroxyl groups excluding tert-OH is 1. The molecule has 1 N–H and O–H groups in total. The number of aliphatic hydroxyl groups is 1. The minimum absolute atomic E-state index is 0. The van der Waals surface area contributed by atoms with E-state index in [2.05, 4.69) is 0 Å². The third-order valence-corrected chi connectivity index (χ3v) is 0.569. The van der Waals surface area contributed by atoms with Gasteiger partial charge in [-0.2, -0.15) is 10.5 Å². The summed E-state index contributed by atoms with van der Waals surface area (Å²) in [5, 5.41) is 24.1. The van der Waals surface area contributed by atoms with Crippen LogP contribution in [0.2, 0.25) is 0 Å². The van der Waals surface area contributed by atoms with Crippen LogP contribution >= 0.6 is 0 Å². The summed E-state index contributed by atoms with van der Waals surface area (Å²) in [5.74, 6) is 0. The van der Waals surface area contributed by atoms with Crippen molar-refractivity contribution in [2.75, 3.05) is 0 Å². The largest absolute Gasteiger partial charge is 1.00 e. The number of allylic oxidation sites excluding steroid dienone is 1. The second-order valence-electron chi connectivity index (χ2n) is 1.10. The maximum absolute atomic E-state index is 8.12. The fraction of sp³-hybridized carbons (Fsp3) is 0.200. The summed E-state index contributed by atoms with van der Waals surface area (Å²) in [4.78, 5) is 0. The van der Waals surface area contributed by atoms with Gasteiger partial charge in [0.15, 0.2) is 0 Å². The van der Waals surface area contributed by atoms with Gasteiger partial charge in [-0.25, -0.2) is 0 Å². The zero-order valence-corrected chi connectivity index (χ0v) is 8.25. The Morgan fingerprint density at radius 2 is 2.11 bits per heavy atom. The fourth-order valence-corrected chi connectivity index (χ4v) is 0.199. The van der Waals surface area contributed by atoms with Gasteiger partial charge in [0.25, 0.3) is 0 Å². The minimum atomic E-state index is -0.0208. The van der Waals surface area contributed by atoms with Crippen molar-refractivity contribution in [1.82, 2.24) is 0 Å². The molecule has 0 spiro atoms. The Hall–Kier alpha value is 0.156. The molecule has 0 aliphatic rings. The third kappa shape index (κ3) is 6.04. The Morgan fingerprint density at radius 3 is 2.22 bits per heavy atom. The first kappa shape index (κ1) is 11.9. The number of nitriles is 2. The summed E-state index contributed by atoms with van der Waals surface area (Å²) in [7, 11) is 0. The van der Waals surface area contributed by atoms with Crippen LogP contribution in [0.4, 0.5) is 0 Å². The van der Waals surface area contributed by atoms with Gasteiger partial charge in [-0.15, -0.1) is 0 Å². The molecule has 0 rings (SSSR count). The van der Waals surface area contributed by atoms with E-state index in [1.165, 1.54) is 0 Å². The molecule has 0 saturated heterocycles. The van der Waals surface area contributed by atoms with Gasteiger partial charge >= 0.3 is 51.4 Å². The maximum Gasteiger partial charge on any atom is 1.00 e. The van der Waals surface area contributed by atoms with E-state index >= 15 is 0 Å². The molecule has 4 heteroatoms. The molecule has 0 bridgehead atoms. The van der Waals surface area contributed by atoms with Crippen LogP contribution < -0.4 is 51.4 Å². The number of hydrogen-bond acceptors (Lipinski definition) is 3. The Morgan fingerprint density at radius 1 is 1.56 bits per heavy atom. The molecule has 0 aromatic heterocycles. The molecule has 0 aliphatic heterocycles. The standard InChI is InChI=1S/C5H4N2O.K/c6-2-1-5(3-7)4-8;/h4,8H,1H2;/q;+1/b5-4-;. The third-order valence-electron chi connectivity index (χ3n) is 0.569. The van der Waals surface area contributed by atoms with Crippen LogP contribution in [0.15, 0.2) is 11.8 Å². The number of rotatable bonds is 1. The summed E-state index contributed by atoms with van der Waals surface area (Å²) in [6.07, 6.45) is 0.621. The molecule has 0 aliphatic carbocycles. The minimum Gasteiger partial charge on any atom is -0.515 e. The SMILES string of the molecule is N#CC/C(C#N)=C/O.[K+]. The molecule has 0 aromatic rings. The molecule has 9 heavy (non-hydrogen) atoms. The van der Waals surface area contributed by atoms with Crippen LogP contribution in [0.1, 0.15) is 6.42 Å². The van der Waals surface area contributed by atoms with Gasteiger partial charge in [-0.3, -0.25) is 0 Å². The summed E-state index contributed by atoms with van der Waals surface area (Å²) in [6.45, 7) is 0. The first-order valence-corrected chi connectivity index (χ1v) is 1.95. The van der Waals surface area contributed by atoms with Crippen molar-refractivity contribution >= 4 is 0 Å². The average molecular weight is 147 g/mol. The van der Waals surface area contributed by atoms with Crippen molar-refractivity contribution in [1.29, 1.82) is 10.5 Å². The maximum atomic E-state index is 8.12. The van der Waals surface area contributed by atoms with Gasteiger partial charge in [0.05, 0.1) is 30.4 Å². The zero-order valence-electron chi connectivity index (χ0n) is 5.13. The molecule has 0 fully saturated rings. The zero-order chi connectivity index (χ0) is 6.41. The molecular weight excluding hydrogens is 143 g/mol. The van der Waals surface area contributed by atoms with Gasteiger partial charge in [-0.1, -0.05) is 0 Å². The molecule has 0 aromatic carbocycles. The molecule has 0 unspecified atom stereocenters. The number of nitrogens with zero attached hydrogens (tertiary/aromatic N) is 2. The molecule has 3 nitrogen and oxygen atoms in total. The second kappa shape index (κ2) is 8.16. The molecule has 40 valence electrons. The van der Waals surface area contributed by atoms with Crippen molar-refractivity contribution in [3.8, 4) is 12.1 Å². The van der Waals surface area contributed by atoms with Crippen molar-refractivity contribution in [3.63, 3.8) is 0 Å².